The fraction of sp³-hybridized carbons (Fsp3) is 0.348. The summed E-state index contributed by atoms with van der Waals surface area (Å²) in [5.41, 5.74) is -0.809. The number of rotatable bonds is 8. The summed E-state index contributed by atoms with van der Waals surface area (Å²) in [7, 11) is -3.81. The molecule has 3 aromatic rings. The average molecular weight is 526 g/mol. The molecule has 0 saturated heterocycles. The third-order valence-electron chi connectivity index (χ3n) is 5.35. The molecule has 1 unspecified atom stereocenters. The predicted octanol–water partition coefficient (Wildman–Crippen LogP) is 2.05. The van der Waals surface area contributed by atoms with Gasteiger partial charge in [-0.3, -0.25) is 14.3 Å². The normalized spacial score (nSPS) is 13.0. The molecule has 0 aliphatic rings. The molecule has 194 valence electrons. The molecular weight excluding hydrogens is 499 g/mol. The van der Waals surface area contributed by atoms with Crippen molar-refractivity contribution >= 4 is 32.7 Å². The van der Waals surface area contributed by atoms with Crippen molar-refractivity contribution in [2.45, 2.75) is 33.4 Å². The van der Waals surface area contributed by atoms with Crippen LogP contribution in [0.2, 0.25) is 0 Å². The molecule has 0 saturated carbocycles. The summed E-state index contributed by atoms with van der Waals surface area (Å²) < 4.78 is 65.4. The van der Waals surface area contributed by atoms with E-state index < -0.39 is 56.5 Å². The number of primary sulfonamides is 1. The first kappa shape index (κ1) is 27.1. The molecule has 36 heavy (non-hydrogen) atoms. The number of nitrogens with two attached hydrogens (primary N) is 1. The zero-order valence-corrected chi connectivity index (χ0v) is 20.6. The second kappa shape index (κ2) is 10.3. The first-order chi connectivity index (χ1) is 16.7. The molecule has 1 atom stereocenters. The molecule has 2 amide bonds. The monoisotopic (exact) mass is 525 g/mol. The minimum Gasteiger partial charge on any atom is -0.353 e. The van der Waals surface area contributed by atoms with Gasteiger partial charge in [-0.25, -0.2) is 26.7 Å². The Hall–Kier alpha value is -3.45. The summed E-state index contributed by atoms with van der Waals surface area (Å²) in [6, 6.07) is 6.23. The third kappa shape index (κ3) is 6.40. The van der Waals surface area contributed by atoms with Crippen molar-refractivity contribution in [2.24, 2.45) is 10.6 Å². The third-order valence-corrected chi connectivity index (χ3v) is 6.13. The first-order valence-corrected chi connectivity index (χ1v) is 12.6. The van der Waals surface area contributed by atoms with E-state index in [0.29, 0.717) is 5.56 Å². The van der Waals surface area contributed by atoms with E-state index >= 15 is 0 Å². The molecule has 4 N–H and O–H groups in total. The summed E-state index contributed by atoms with van der Waals surface area (Å²) in [6.45, 7) is 4.69. The van der Waals surface area contributed by atoms with Crippen LogP contribution in [-0.2, 0) is 21.4 Å². The van der Waals surface area contributed by atoms with Crippen LogP contribution in [0.4, 0.5) is 13.2 Å². The summed E-state index contributed by atoms with van der Waals surface area (Å²) in [5, 5.41) is 14.1. The molecule has 0 radical (unpaired) electrons. The number of benzene rings is 2. The molecule has 3 rings (SSSR count). The van der Waals surface area contributed by atoms with Crippen LogP contribution in [0.5, 0.6) is 0 Å². The van der Waals surface area contributed by atoms with Crippen LogP contribution in [0, 0.1) is 22.9 Å². The van der Waals surface area contributed by atoms with E-state index in [2.05, 4.69) is 15.7 Å². The maximum absolute atomic E-state index is 14.8. The van der Waals surface area contributed by atoms with Crippen LogP contribution in [0.3, 0.4) is 0 Å². The van der Waals surface area contributed by atoms with E-state index in [0.717, 1.165) is 10.7 Å². The SMILES string of the molecule is CC(C)(C)C(NC(=O)c1nn(Cc2ccc(F)cc2)c2c(F)c(F)ccc12)C(=O)NCCS(N)(=O)=O. The summed E-state index contributed by atoms with van der Waals surface area (Å²) in [5.74, 6) is -4.81. The van der Waals surface area contributed by atoms with Crippen molar-refractivity contribution < 1.29 is 31.2 Å². The smallest absolute Gasteiger partial charge is 0.273 e. The highest BCUT2D eigenvalue weighted by molar-refractivity contribution is 7.89. The van der Waals surface area contributed by atoms with Gasteiger partial charge in [0.1, 0.15) is 17.4 Å². The highest BCUT2D eigenvalue weighted by Gasteiger charge is 2.34. The Kier molecular flexibility index (Phi) is 7.74. The van der Waals surface area contributed by atoms with Gasteiger partial charge in [0.15, 0.2) is 17.3 Å². The van der Waals surface area contributed by atoms with Gasteiger partial charge in [0.05, 0.1) is 12.3 Å². The lowest BCUT2D eigenvalue weighted by Crippen LogP contribution is -2.54. The van der Waals surface area contributed by atoms with Crippen molar-refractivity contribution in [1.29, 1.82) is 0 Å². The Morgan fingerprint density at radius 2 is 1.72 bits per heavy atom. The van der Waals surface area contributed by atoms with Crippen LogP contribution in [-0.4, -0.2) is 48.4 Å². The van der Waals surface area contributed by atoms with Gasteiger partial charge in [-0.05, 0) is 35.2 Å². The number of nitrogens with zero attached hydrogens (tertiary/aromatic N) is 2. The quantitative estimate of drug-likeness (QED) is 0.414. The summed E-state index contributed by atoms with van der Waals surface area (Å²) in [6.07, 6.45) is 0. The number of aromatic nitrogens is 2. The highest BCUT2D eigenvalue weighted by Crippen LogP contribution is 2.26. The van der Waals surface area contributed by atoms with Crippen LogP contribution in [0.15, 0.2) is 36.4 Å². The first-order valence-electron chi connectivity index (χ1n) is 10.9. The summed E-state index contributed by atoms with van der Waals surface area (Å²) >= 11 is 0. The Morgan fingerprint density at radius 1 is 1.08 bits per heavy atom. The standard InChI is InChI=1S/C23H26F3N5O4S/c1-23(2,3)20(22(33)28-10-11-36(27,34)35)29-21(32)18-15-8-9-16(25)17(26)19(15)31(30-18)12-13-4-6-14(24)7-5-13/h4-9,20H,10-12H2,1-3H3,(H,28,33)(H,29,32)(H2,27,34,35). The molecule has 0 bridgehead atoms. The molecule has 1 aromatic heterocycles. The molecule has 13 heteroatoms. The number of hydrogen-bond donors (Lipinski definition) is 3. The minimum atomic E-state index is -3.81. The van der Waals surface area contributed by atoms with Crippen LogP contribution >= 0.6 is 0 Å². The van der Waals surface area contributed by atoms with E-state index in [9.17, 15) is 31.2 Å². The Morgan fingerprint density at radius 3 is 2.31 bits per heavy atom. The Balaban J connectivity index is 1.94. The maximum Gasteiger partial charge on any atom is 0.273 e. The second-order valence-corrected chi connectivity index (χ2v) is 11.1. The van der Waals surface area contributed by atoms with Gasteiger partial charge in [-0.1, -0.05) is 32.9 Å². The predicted molar refractivity (Wildman–Crippen MR) is 127 cm³/mol. The zero-order chi connectivity index (χ0) is 26.8. The van der Waals surface area contributed by atoms with Gasteiger partial charge in [-0.2, -0.15) is 5.10 Å². The lowest BCUT2D eigenvalue weighted by molar-refractivity contribution is -0.125. The van der Waals surface area contributed by atoms with Crippen molar-refractivity contribution in [3.05, 3.63) is 65.1 Å². The van der Waals surface area contributed by atoms with Crippen LogP contribution in [0.25, 0.3) is 10.9 Å². The van der Waals surface area contributed by atoms with Crippen molar-refractivity contribution in [3.63, 3.8) is 0 Å². The van der Waals surface area contributed by atoms with Crippen molar-refractivity contribution in [2.75, 3.05) is 12.3 Å². The van der Waals surface area contributed by atoms with Gasteiger partial charge in [0.2, 0.25) is 15.9 Å². The molecule has 1 heterocycles. The zero-order valence-electron chi connectivity index (χ0n) is 19.8. The maximum atomic E-state index is 14.8. The largest absolute Gasteiger partial charge is 0.353 e. The second-order valence-electron chi connectivity index (χ2n) is 9.32. The summed E-state index contributed by atoms with van der Waals surface area (Å²) in [4.78, 5) is 26.0. The number of sulfonamides is 1. The van der Waals surface area contributed by atoms with Gasteiger partial charge >= 0.3 is 0 Å². The topological polar surface area (TPSA) is 136 Å². The molecular formula is C23H26F3N5O4S. The number of carbonyl (C=O) groups is 2. The Bertz CT molecular complexity index is 1400. The number of hydrogen-bond acceptors (Lipinski definition) is 5. The molecule has 0 spiro atoms. The number of fused-ring (bicyclic) bond motifs is 1. The van der Waals surface area contributed by atoms with Crippen molar-refractivity contribution in [1.82, 2.24) is 20.4 Å². The lowest BCUT2D eigenvalue weighted by Gasteiger charge is -2.30. The van der Waals surface area contributed by atoms with Crippen molar-refractivity contribution in [3.8, 4) is 0 Å². The van der Waals surface area contributed by atoms with E-state index in [1.165, 1.54) is 30.3 Å². The van der Waals surface area contributed by atoms with Crippen LogP contribution < -0.4 is 15.8 Å². The molecule has 9 nitrogen and oxygen atoms in total. The lowest BCUT2D eigenvalue weighted by atomic mass is 9.86. The van der Waals surface area contributed by atoms with E-state index in [-0.39, 0.29) is 29.7 Å². The fourth-order valence-corrected chi connectivity index (χ4v) is 3.93. The minimum absolute atomic E-state index is 0.0100. The van der Waals surface area contributed by atoms with Gasteiger partial charge in [-0.15, -0.1) is 0 Å². The van der Waals surface area contributed by atoms with E-state index in [4.69, 9.17) is 5.14 Å². The highest BCUT2D eigenvalue weighted by atomic mass is 32.2. The molecule has 0 aliphatic heterocycles. The van der Waals surface area contributed by atoms with E-state index in [1.54, 1.807) is 20.8 Å². The van der Waals surface area contributed by atoms with Gasteiger partial charge in [0, 0.05) is 11.9 Å². The molecule has 0 fully saturated rings. The van der Waals surface area contributed by atoms with Gasteiger partial charge < -0.3 is 10.6 Å². The molecule has 2 aromatic carbocycles. The van der Waals surface area contributed by atoms with Crippen LogP contribution in [0.1, 0.15) is 36.8 Å². The van der Waals surface area contributed by atoms with E-state index in [1.807, 2.05) is 0 Å². The van der Waals surface area contributed by atoms with Gasteiger partial charge in [0.25, 0.3) is 5.91 Å². The Labute approximate surface area is 205 Å². The number of amides is 2. The molecule has 0 aliphatic carbocycles. The average Bonchev–Trinajstić information content (AvgIpc) is 3.13. The number of carbonyl (C=O) groups excluding carboxylic acids is 2. The number of nitrogens with one attached hydrogen (secondary N) is 2. The fourth-order valence-electron chi connectivity index (χ4n) is 3.55. The number of halogens is 3.